The van der Waals surface area contributed by atoms with E-state index in [-0.39, 0.29) is 11.8 Å². The Labute approximate surface area is 296 Å². The van der Waals surface area contributed by atoms with Gasteiger partial charge >= 0.3 is 0 Å². The van der Waals surface area contributed by atoms with Crippen molar-refractivity contribution in [3.63, 3.8) is 0 Å². The fourth-order valence-electron chi connectivity index (χ4n) is 7.82. The topological polar surface area (TPSA) is 6.48 Å². The van der Waals surface area contributed by atoms with E-state index >= 15 is 0 Å². The van der Waals surface area contributed by atoms with Crippen molar-refractivity contribution in [2.75, 3.05) is 38.0 Å². The van der Waals surface area contributed by atoms with Crippen LogP contribution in [0.3, 0.4) is 0 Å². The maximum Gasteiger partial charge on any atom is 0.0361 e. The Morgan fingerprint density at radius 2 is 0.680 bits per heavy atom. The van der Waals surface area contributed by atoms with Crippen molar-refractivity contribution in [1.29, 1.82) is 0 Å². The fraction of sp³-hybridized carbons (Fsp3) is 0.125. The Balaban J connectivity index is 1.40. The van der Waals surface area contributed by atoms with Gasteiger partial charge in [-0.25, -0.2) is 0 Å². The molecular weight excluding hydrogens is 605 g/mol. The molecule has 2 atom stereocenters. The fourth-order valence-corrected chi connectivity index (χ4v) is 7.82. The van der Waals surface area contributed by atoms with Gasteiger partial charge in [0, 0.05) is 51.4 Å². The van der Waals surface area contributed by atoms with Crippen molar-refractivity contribution in [3.05, 3.63) is 203 Å². The summed E-state index contributed by atoms with van der Waals surface area (Å²) in [6, 6.07) is 63.2. The van der Waals surface area contributed by atoms with Gasteiger partial charge < -0.3 is 9.80 Å². The van der Waals surface area contributed by atoms with E-state index in [1.54, 1.807) is 0 Å². The van der Waals surface area contributed by atoms with E-state index in [2.05, 4.69) is 208 Å². The molecule has 6 aliphatic rings. The largest absolute Gasteiger partial charge is 0.378 e. The molecule has 0 aliphatic heterocycles. The SMILES string of the molecule is CN(C)c1ccc(C(c2ccc3cccccc2-3)c2cc(C(c3ccc(N(C)C)cc3)c3ccc4cccccc3-4)c3cccccc2-3)cc1. The van der Waals surface area contributed by atoms with E-state index in [1.165, 1.54) is 78.1 Å². The average Bonchev–Trinajstić information content (AvgIpc) is 3.56. The average molecular weight is 647 g/mol. The zero-order valence-corrected chi connectivity index (χ0v) is 29.2. The highest BCUT2D eigenvalue weighted by atomic mass is 15.1. The molecule has 0 spiro atoms. The molecule has 0 aromatic heterocycles. The smallest absolute Gasteiger partial charge is 0.0361 e. The van der Waals surface area contributed by atoms with Crippen molar-refractivity contribution in [2.24, 2.45) is 0 Å². The van der Waals surface area contributed by atoms with Crippen molar-refractivity contribution >= 4 is 11.4 Å². The number of hydrogen-bond donors (Lipinski definition) is 0. The van der Waals surface area contributed by atoms with Gasteiger partial charge in [-0.1, -0.05) is 146 Å². The first kappa shape index (κ1) is 31.4. The molecule has 0 bridgehead atoms. The third kappa shape index (κ3) is 5.67. The summed E-state index contributed by atoms with van der Waals surface area (Å²) in [4.78, 5) is 4.34. The lowest BCUT2D eigenvalue weighted by Crippen LogP contribution is -2.09. The molecule has 0 radical (unpaired) electrons. The third-order valence-electron chi connectivity index (χ3n) is 10.4. The third-order valence-corrected chi connectivity index (χ3v) is 10.4. The predicted octanol–water partition coefficient (Wildman–Crippen LogP) is 11.5. The van der Waals surface area contributed by atoms with Crippen molar-refractivity contribution in [1.82, 2.24) is 0 Å². The molecule has 2 aromatic carbocycles. The lowest BCUT2D eigenvalue weighted by molar-refractivity contribution is 0.973. The van der Waals surface area contributed by atoms with Crippen LogP contribution in [-0.4, -0.2) is 28.2 Å². The number of benzene rings is 2. The molecular formula is C48H42N2. The van der Waals surface area contributed by atoms with Crippen LogP contribution in [0.15, 0.2) is 170 Å². The summed E-state index contributed by atoms with van der Waals surface area (Å²) in [5.74, 6) is 0.0754. The molecule has 0 saturated carbocycles. The van der Waals surface area contributed by atoms with Crippen molar-refractivity contribution in [2.45, 2.75) is 11.8 Å². The Hall–Kier alpha value is -5.86. The van der Waals surface area contributed by atoms with Gasteiger partial charge in [0.25, 0.3) is 0 Å². The van der Waals surface area contributed by atoms with Gasteiger partial charge in [0.15, 0.2) is 0 Å². The summed E-state index contributed by atoms with van der Waals surface area (Å²) in [6.45, 7) is 0. The number of anilines is 2. The van der Waals surface area contributed by atoms with Crippen molar-refractivity contribution < 1.29 is 0 Å². The quantitative estimate of drug-likeness (QED) is 0.162. The standard InChI is InChI=1S/C48H42N2/c1-49(2)37-26-20-35(21-27-37)47(43-30-24-33-14-8-5-10-16-39(33)43)45-32-46(42-19-13-7-12-18-41(42)45)48(36-22-28-38(29-23-36)50(3)4)44-31-25-34-15-9-6-11-17-40(34)44/h5-32,47-48H,1-4H3. The summed E-state index contributed by atoms with van der Waals surface area (Å²) >= 11 is 0. The highest BCUT2D eigenvalue weighted by molar-refractivity contribution is 5.83. The maximum atomic E-state index is 2.53. The Kier molecular flexibility index (Phi) is 8.30. The van der Waals surface area contributed by atoms with Crippen LogP contribution in [-0.2, 0) is 0 Å². The van der Waals surface area contributed by atoms with Gasteiger partial charge in [-0.05, 0) is 91.0 Å². The van der Waals surface area contributed by atoms with Crippen LogP contribution in [0.1, 0.15) is 45.2 Å². The predicted molar refractivity (Wildman–Crippen MR) is 213 cm³/mol. The van der Waals surface area contributed by atoms with Crippen LogP contribution in [0, 0.1) is 0 Å². The van der Waals surface area contributed by atoms with Gasteiger partial charge in [-0.15, -0.1) is 0 Å². The highest BCUT2D eigenvalue weighted by Gasteiger charge is 2.32. The van der Waals surface area contributed by atoms with Crippen LogP contribution < -0.4 is 9.80 Å². The van der Waals surface area contributed by atoms with Crippen LogP contribution >= 0.6 is 0 Å². The zero-order valence-electron chi connectivity index (χ0n) is 29.2. The minimum Gasteiger partial charge on any atom is -0.378 e. The normalized spacial score (nSPS) is 12.6. The van der Waals surface area contributed by atoms with Gasteiger partial charge in [-0.2, -0.15) is 0 Å². The molecule has 50 heavy (non-hydrogen) atoms. The summed E-state index contributed by atoms with van der Waals surface area (Å²) in [7, 11) is 8.42. The summed E-state index contributed by atoms with van der Waals surface area (Å²) in [5.41, 5.74) is 18.0. The second kappa shape index (κ2) is 13.2. The van der Waals surface area contributed by atoms with Gasteiger partial charge in [-0.3, -0.25) is 0 Å². The Bertz CT molecular complexity index is 2120. The first-order valence-electron chi connectivity index (χ1n) is 17.5. The molecule has 2 nitrogen and oxygen atoms in total. The first-order chi connectivity index (χ1) is 24.5. The van der Waals surface area contributed by atoms with E-state index in [4.69, 9.17) is 0 Å². The van der Waals surface area contributed by atoms with E-state index in [0.29, 0.717) is 0 Å². The number of hydrogen-bond acceptors (Lipinski definition) is 2. The van der Waals surface area contributed by atoms with Crippen LogP contribution in [0.2, 0.25) is 0 Å². The molecule has 2 heteroatoms. The number of nitrogens with zero attached hydrogens (tertiary/aromatic N) is 2. The van der Waals surface area contributed by atoms with Gasteiger partial charge in [0.2, 0.25) is 0 Å². The number of fused-ring (bicyclic) bond motifs is 3. The summed E-state index contributed by atoms with van der Waals surface area (Å²) < 4.78 is 0. The molecule has 0 amide bonds. The molecule has 0 N–H and O–H groups in total. The molecule has 0 heterocycles. The summed E-state index contributed by atoms with van der Waals surface area (Å²) in [6.07, 6.45) is 0. The van der Waals surface area contributed by atoms with E-state index in [1.807, 2.05) is 0 Å². The first-order valence-corrected chi connectivity index (χ1v) is 17.5. The minimum atomic E-state index is 0.0377. The lowest BCUT2D eigenvalue weighted by atomic mass is 9.83. The monoisotopic (exact) mass is 646 g/mol. The molecule has 8 rings (SSSR count). The number of rotatable bonds is 8. The Morgan fingerprint density at radius 3 is 1.06 bits per heavy atom. The van der Waals surface area contributed by atoms with Crippen LogP contribution in [0.25, 0.3) is 33.4 Å². The second-order valence-corrected chi connectivity index (χ2v) is 13.8. The minimum absolute atomic E-state index is 0.0377. The Morgan fingerprint density at radius 1 is 0.320 bits per heavy atom. The molecule has 244 valence electrons. The molecule has 2 unspecified atom stereocenters. The van der Waals surface area contributed by atoms with Gasteiger partial charge in [0.05, 0.1) is 0 Å². The van der Waals surface area contributed by atoms with Crippen LogP contribution in [0.4, 0.5) is 11.4 Å². The van der Waals surface area contributed by atoms with E-state index in [9.17, 15) is 0 Å². The molecule has 6 aliphatic carbocycles. The van der Waals surface area contributed by atoms with Gasteiger partial charge in [0.1, 0.15) is 0 Å². The summed E-state index contributed by atoms with van der Waals surface area (Å²) in [5, 5.41) is 0. The second-order valence-electron chi connectivity index (χ2n) is 13.8. The molecule has 0 fully saturated rings. The van der Waals surface area contributed by atoms with E-state index < -0.39 is 0 Å². The zero-order chi connectivity index (χ0) is 34.2. The molecule has 2 aromatic rings. The maximum absolute atomic E-state index is 2.53. The lowest BCUT2D eigenvalue weighted by Gasteiger charge is -2.21. The highest BCUT2D eigenvalue weighted by Crippen LogP contribution is 2.50. The molecule has 0 saturated heterocycles. The van der Waals surface area contributed by atoms with Crippen LogP contribution in [0.5, 0.6) is 0 Å². The van der Waals surface area contributed by atoms with E-state index in [0.717, 1.165) is 0 Å². The van der Waals surface area contributed by atoms with Crippen molar-refractivity contribution in [3.8, 4) is 33.4 Å².